The van der Waals surface area contributed by atoms with Crippen LogP contribution in [0.3, 0.4) is 0 Å². The number of nitrogens with zero attached hydrogens (tertiary/aromatic N) is 4. The van der Waals surface area contributed by atoms with Crippen molar-refractivity contribution in [3.63, 3.8) is 0 Å². The topological polar surface area (TPSA) is 92.6 Å². The Morgan fingerprint density at radius 1 is 1.08 bits per heavy atom. The fourth-order valence-electron chi connectivity index (χ4n) is 4.68. The van der Waals surface area contributed by atoms with Gasteiger partial charge in [-0.3, -0.25) is 4.98 Å². The van der Waals surface area contributed by atoms with E-state index in [0.29, 0.717) is 24.2 Å². The second-order valence-corrected chi connectivity index (χ2v) is 9.32. The number of rotatable bonds is 9. The first-order valence-corrected chi connectivity index (χ1v) is 12.7. The predicted octanol–water partition coefficient (Wildman–Crippen LogP) is 3.93. The molecule has 3 heterocycles. The third-order valence-corrected chi connectivity index (χ3v) is 6.71. The molecule has 1 fully saturated rings. The normalized spacial score (nSPS) is 15.0. The van der Waals surface area contributed by atoms with Crippen LogP contribution in [-0.4, -0.2) is 72.7 Å². The van der Waals surface area contributed by atoms with E-state index in [0.717, 1.165) is 59.6 Å². The molecular formula is C29H33N5O3. The molecule has 0 spiro atoms. The van der Waals surface area contributed by atoms with E-state index in [1.54, 1.807) is 13.2 Å². The minimum absolute atomic E-state index is 0.200. The van der Waals surface area contributed by atoms with Gasteiger partial charge in [0.25, 0.3) is 0 Å². The summed E-state index contributed by atoms with van der Waals surface area (Å²) in [6, 6.07) is 20.3. The van der Waals surface area contributed by atoms with Crippen LogP contribution in [0.5, 0.6) is 5.75 Å². The molecule has 2 N–H and O–H groups in total. The number of aliphatic hydroxyl groups is 1. The number of hydrogen-bond donors (Lipinski definition) is 2. The molecule has 0 bridgehead atoms. The number of aromatic nitrogens is 3. The van der Waals surface area contributed by atoms with E-state index >= 15 is 0 Å². The third-order valence-electron chi connectivity index (χ3n) is 6.71. The van der Waals surface area contributed by atoms with Gasteiger partial charge in [-0.15, -0.1) is 0 Å². The highest BCUT2D eigenvalue weighted by atomic mass is 16.5. The van der Waals surface area contributed by atoms with Crippen LogP contribution in [-0.2, 0) is 4.74 Å². The summed E-state index contributed by atoms with van der Waals surface area (Å²) in [5.74, 6) is 2.15. The minimum Gasteiger partial charge on any atom is -0.491 e. The average molecular weight is 500 g/mol. The molecule has 8 heteroatoms. The van der Waals surface area contributed by atoms with Crippen LogP contribution >= 0.6 is 0 Å². The van der Waals surface area contributed by atoms with E-state index in [1.807, 2.05) is 42.5 Å². The lowest BCUT2D eigenvalue weighted by Gasteiger charge is -2.32. The standard InChI is InChI=1S/C29H33N5O3/c1-30-18-22(35)19-37-23-7-3-6-20(16-23)29-32-27(25-8-4-10-26-24(25)9-5-13-31-26)17-28(33-29)34(2)21-11-14-36-15-12-21/h3-10,13,16-17,21-22,30,35H,11-12,14-15,18-19H2,1-2H3. The molecule has 0 amide bonds. The highest BCUT2D eigenvalue weighted by Crippen LogP contribution is 2.32. The minimum atomic E-state index is -0.590. The highest BCUT2D eigenvalue weighted by Gasteiger charge is 2.22. The number of ether oxygens (including phenoxy) is 2. The zero-order valence-electron chi connectivity index (χ0n) is 21.3. The molecule has 1 saturated heterocycles. The molecule has 2 aromatic heterocycles. The summed E-state index contributed by atoms with van der Waals surface area (Å²) in [6.07, 6.45) is 3.14. The molecule has 0 aliphatic carbocycles. The van der Waals surface area contributed by atoms with E-state index in [-0.39, 0.29) is 6.61 Å². The van der Waals surface area contributed by atoms with E-state index in [4.69, 9.17) is 19.4 Å². The van der Waals surface area contributed by atoms with Crippen LogP contribution in [0.1, 0.15) is 12.8 Å². The van der Waals surface area contributed by atoms with Gasteiger partial charge in [0, 0.05) is 61.6 Å². The zero-order chi connectivity index (χ0) is 25.6. The molecule has 1 unspecified atom stereocenters. The first-order chi connectivity index (χ1) is 18.1. The van der Waals surface area contributed by atoms with Crippen LogP contribution in [0.4, 0.5) is 5.82 Å². The van der Waals surface area contributed by atoms with Gasteiger partial charge in [-0.2, -0.15) is 0 Å². The Morgan fingerprint density at radius 3 is 2.76 bits per heavy atom. The highest BCUT2D eigenvalue weighted by molar-refractivity contribution is 5.94. The van der Waals surface area contributed by atoms with Crippen molar-refractivity contribution >= 4 is 16.7 Å². The van der Waals surface area contributed by atoms with Crippen molar-refractivity contribution in [2.45, 2.75) is 25.0 Å². The summed E-state index contributed by atoms with van der Waals surface area (Å²) in [4.78, 5) is 16.8. The first-order valence-electron chi connectivity index (χ1n) is 12.7. The molecule has 1 atom stereocenters. The average Bonchev–Trinajstić information content (AvgIpc) is 2.96. The van der Waals surface area contributed by atoms with Gasteiger partial charge in [-0.1, -0.05) is 30.3 Å². The van der Waals surface area contributed by atoms with Gasteiger partial charge in [-0.05, 0) is 44.2 Å². The number of aliphatic hydroxyl groups excluding tert-OH is 1. The Bertz CT molecular complexity index is 1340. The van der Waals surface area contributed by atoms with Crippen LogP contribution in [0.15, 0.2) is 66.9 Å². The van der Waals surface area contributed by atoms with Crippen molar-refractivity contribution in [2.24, 2.45) is 0 Å². The molecule has 4 aromatic rings. The van der Waals surface area contributed by atoms with Crippen molar-refractivity contribution in [3.8, 4) is 28.4 Å². The largest absolute Gasteiger partial charge is 0.491 e. The summed E-state index contributed by atoms with van der Waals surface area (Å²) >= 11 is 0. The number of hydrogen-bond acceptors (Lipinski definition) is 8. The number of benzene rings is 2. The second-order valence-electron chi connectivity index (χ2n) is 9.32. The van der Waals surface area contributed by atoms with Crippen molar-refractivity contribution < 1.29 is 14.6 Å². The second kappa shape index (κ2) is 11.6. The molecular weight excluding hydrogens is 466 g/mol. The van der Waals surface area contributed by atoms with Crippen LogP contribution < -0.4 is 15.0 Å². The van der Waals surface area contributed by atoms with Gasteiger partial charge in [0.2, 0.25) is 0 Å². The SMILES string of the molecule is CNCC(O)COc1cccc(-c2nc(-c3cccc4ncccc34)cc(N(C)C3CCOCC3)n2)c1. The van der Waals surface area contributed by atoms with Crippen molar-refractivity contribution in [3.05, 3.63) is 66.9 Å². The Hall–Kier alpha value is -3.59. The first kappa shape index (κ1) is 25.1. The number of likely N-dealkylation sites (N-methyl/N-ethyl adjacent to an activating group) is 1. The van der Waals surface area contributed by atoms with Gasteiger partial charge in [0.15, 0.2) is 5.82 Å². The lowest BCUT2D eigenvalue weighted by molar-refractivity contribution is 0.0853. The van der Waals surface area contributed by atoms with Gasteiger partial charge >= 0.3 is 0 Å². The lowest BCUT2D eigenvalue weighted by Crippen LogP contribution is -2.37. The maximum Gasteiger partial charge on any atom is 0.162 e. The third kappa shape index (κ3) is 5.88. The molecule has 0 saturated carbocycles. The van der Waals surface area contributed by atoms with Crippen molar-refractivity contribution in [1.82, 2.24) is 20.3 Å². The summed E-state index contributed by atoms with van der Waals surface area (Å²) in [7, 11) is 3.90. The number of fused-ring (bicyclic) bond motifs is 1. The van der Waals surface area contributed by atoms with Crippen molar-refractivity contribution in [2.75, 3.05) is 45.4 Å². The Morgan fingerprint density at radius 2 is 1.92 bits per heavy atom. The van der Waals surface area contributed by atoms with E-state index in [9.17, 15) is 5.11 Å². The van der Waals surface area contributed by atoms with E-state index < -0.39 is 6.10 Å². The van der Waals surface area contributed by atoms with Crippen LogP contribution in [0.25, 0.3) is 33.5 Å². The van der Waals surface area contributed by atoms with Crippen molar-refractivity contribution in [1.29, 1.82) is 0 Å². The Balaban J connectivity index is 1.55. The van der Waals surface area contributed by atoms with E-state index in [2.05, 4.69) is 40.4 Å². The smallest absolute Gasteiger partial charge is 0.162 e. The molecule has 1 aliphatic heterocycles. The number of pyridine rings is 1. The molecule has 8 nitrogen and oxygen atoms in total. The quantitative estimate of drug-likeness (QED) is 0.358. The molecule has 5 rings (SSSR count). The Kier molecular flexibility index (Phi) is 7.89. The van der Waals surface area contributed by atoms with Gasteiger partial charge in [0.05, 0.1) is 11.2 Å². The lowest BCUT2D eigenvalue weighted by atomic mass is 10.0. The summed E-state index contributed by atoms with van der Waals surface area (Å²) in [5, 5.41) is 14.0. The maximum atomic E-state index is 10.0. The molecule has 0 radical (unpaired) electrons. The monoisotopic (exact) mass is 499 g/mol. The van der Waals surface area contributed by atoms with Gasteiger partial charge in [-0.25, -0.2) is 9.97 Å². The van der Waals surface area contributed by atoms with Gasteiger partial charge < -0.3 is 24.8 Å². The Labute approximate surface area is 217 Å². The predicted molar refractivity (Wildman–Crippen MR) is 146 cm³/mol. The van der Waals surface area contributed by atoms with Crippen LogP contribution in [0, 0.1) is 0 Å². The summed E-state index contributed by atoms with van der Waals surface area (Å²) < 4.78 is 11.4. The summed E-state index contributed by atoms with van der Waals surface area (Å²) in [6.45, 7) is 2.18. The molecule has 37 heavy (non-hydrogen) atoms. The maximum absolute atomic E-state index is 10.0. The van der Waals surface area contributed by atoms with Gasteiger partial charge in [0.1, 0.15) is 24.3 Å². The number of nitrogens with one attached hydrogen (secondary N) is 1. The van der Waals surface area contributed by atoms with Crippen LogP contribution in [0.2, 0.25) is 0 Å². The molecule has 2 aromatic carbocycles. The fraction of sp³-hybridized carbons (Fsp3) is 0.345. The zero-order valence-corrected chi connectivity index (χ0v) is 21.3. The number of anilines is 1. The molecule has 192 valence electrons. The summed E-state index contributed by atoms with van der Waals surface area (Å²) in [5.41, 5.74) is 3.63. The molecule has 1 aliphatic rings. The van der Waals surface area contributed by atoms with E-state index in [1.165, 1.54) is 0 Å². The fourth-order valence-corrected chi connectivity index (χ4v) is 4.68.